The standard InChI is InChI=1S/C15H19FN2O3/c1-10-8-11(4-5-12(10)16)18-14(21)17-9-15(13(19)20)6-2-3-7-15/h4-5,8H,2-3,6-7,9H2,1H3,(H,19,20)(H2,17,18,21). The van der Waals surface area contributed by atoms with Gasteiger partial charge in [0.15, 0.2) is 0 Å². The van der Waals surface area contributed by atoms with Gasteiger partial charge in [0, 0.05) is 12.2 Å². The topological polar surface area (TPSA) is 78.4 Å². The number of nitrogens with one attached hydrogen (secondary N) is 2. The number of amides is 2. The van der Waals surface area contributed by atoms with Gasteiger partial charge in [-0.25, -0.2) is 9.18 Å². The summed E-state index contributed by atoms with van der Waals surface area (Å²) in [5, 5.41) is 14.5. The lowest BCUT2D eigenvalue weighted by atomic mass is 9.86. The Labute approximate surface area is 122 Å². The number of halogens is 1. The molecule has 21 heavy (non-hydrogen) atoms. The predicted molar refractivity (Wildman–Crippen MR) is 76.7 cm³/mol. The molecule has 2 amide bonds. The number of carbonyl (C=O) groups is 2. The molecule has 1 fully saturated rings. The number of urea groups is 1. The number of hydrogen-bond donors (Lipinski definition) is 3. The van der Waals surface area contributed by atoms with E-state index in [1.165, 1.54) is 18.2 Å². The first-order valence-corrected chi connectivity index (χ1v) is 6.97. The van der Waals surface area contributed by atoms with Crippen LogP contribution in [0.3, 0.4) is 0 Å². The second kappa shape index (κ2) is 6.11. The summed E-state index contributed by atoms with van der Waals surface area (Å²) in [6.45, 7) is 1.71. The van der Waals surface area contributed by atoms with Gasteiger partial charge in [-0.15, -0.1) is 0 Å². The minimum atomic E-state index is -0.863. The van der Waals surface area contributed by atoms with Crippen molar-refractivity contribution in [2.45, 2.75) is 32.6 Å². The molecule has 0 bridgehead atoms. The van der Waals surface area contributed by atoms with Gasteiger partial charge in [0.05, 0.1) is 5.41 Å². The highest BCUT2D eigenvalue weighted by molar-refractivity contribution is 5.89. The van der Waals surface area contributed by atoms with Crippen LogP contribution in [0.5, 0.6) is 0 Å². The molecule has 0 heterocycles. The van der Waals surface area contributed by atoms with Crippen LogP contribution >= 0.6 is 0 Å². The largest absolute Gasteiger partial charge is 0.481 e. The lowest BCUT2D eigenvalue weighted by Crippen LogP contribution is -2.42. The molecule has 5 nitrogen and oxygen atoms in total. The molecule has 0 radical (unpaired) electrons. The zero-order valence-corrected chi connectivity index (χ0v) is 11.9. The molecule has 2 rings (SSSR count). The van der Waals surface area contributed by atoms with Crippen LogP contribution in [0.25, 0.3) is 0 Å². The Kier molecular flexibility index (Phi) is 4.45. The molecular formula is C15H19FN2O3. The summed E-state index contributed by atoms with van der Waals surface area (Å²) in [5.41, 5.74) is 0.0589. The average molecular weight is 294 g/mol. The second-order valence-corrected chi connectivity index (χ2v) is 5.56. The van der Waals surface area contributed by atoms with Crippen LogP contribution in [0, 0.1) is 18.2 Å². The monoisotopic (exact) mass is 294 g/mol. The average Bonchev–Trinajstić information content (AvgIpc) is 2.91. The van der Waals surface area contributed by atoms with E-state index < -0.39 is 17.4 Å². The Balaban J connectivity index is 1.92. The van der Waals surface area contributed by atoms with Crippen molar-refractivity contribution in [2.24, 2.45) is 5.41 Å². The summed E-state index contributed by atoms with van der Waals surface area (Å²) < 4.78 is 13.1. The van der Waals surface area contributed by atoms with E-state index in [2.05, 4.69) is 10.6 Å². The Morgan fingerprint density at radius 2 is 2.00 bits per heavy atom. The number of rotatable bonds is 4. The number of carboxylic acid groups (broad SMARTS) is 1. The molecule has 0 atom stereocenters. The molecular weight excluding hydrogens is 275 g/mol. The van der Waals surface area contributed by atoms with Crippen molar-refractivity contribution in [1.82, 2.24) is 5.32 Å². The van der Waals surface area contributed by atoms with Crippen LogP contribution in [0.15, 0.2) is 18.2 Å². The molecule has 0 unspecified atom stereocenters. The van der Waals surface area contributed by atoms with Gasteiger partial charge >= 0.3 is 12.0 Å². The molecule has 0 spiro atoms. The third-order valence-corrected chi connectivity index (χ3v) is 4.02. The third kappa shape index (κ3) is 3.51. The van der Waals surface area contributed by atoms with Gasteiger partial charge in [-0.3, -0.25) is 4.79 Å². The maximum atomic E-state index is 13.1. The molecule has 0 saturated heterocycles. The minimum absolute atomic E-state index is 0.105. The molecule has 0 aliphatic heterocycles. The smallest absolute Gasteiger partial charge is 0.319 e. The number of anilines is 1. The summed E-state index contributed by atoms with van der Waals surface area (Å²) in [5.74, 6) is -1.20. The fourth-order valence-corrected chi connectivity index (χ4v) is 2.67. The van der Waals surface area contributed by atoms with Crippen molar-refractivity contribution in [3.8, 4) is 0 Å². The first-order valence-electron chi connectivity index (χ1n) is 6.97. The summed E-state index contributed by atoms with van der Waals surface area (Å²) in [6, 6.07) is 3.79. The molecule has 1 aromatic carbocycles. The van der Waals surface area contributed by atoms with Crippen LogP contribution < -0.4 is 10.6 Å². The van der Waals surface area contributed by atoms with E-state index in [1.807, 2.05) is 0 Å². The Morgan fingerprint density at radius 1 is 1.33 bits per heavy atom. The first-order chi connectivity index (χ1) is 9.93. The van der Waals surface area contributed by atoms with Gasteiger partial charge in [-0.2, -0.15) is 0 Å². The van der Waals surface area contributed by atoms with Gasteiger partial charge in [0.2, 0.25) is 0 Å². The van der Waals surface area contributed by atoms with E-state index in [9.17, 15) is 19.1 Å². The van der Waals surface area contributed by atoms with Crippen LogP contribution in [0.2, 0.25) is 0 Å². The third-order valence-electron chi connectivity index (χ3n) is 4.02. The molecule has 3 N–H and O–H groups in total. The highest BCUT2D eigenvalue weighted by Crippen LogP contribution is 2.37. The van der Waals surface area contributed by atoms with Gasteiger partial charge in [-0.05, 0) is 43.5 Å². The number of carboxylic acids is 1. The summed E-state index contributed by atoms with van der Waals surface area (Å²) >= 11 is 0. The van der Waals surface area contributed by atoms with Crippen LogP contribution in [0.4, 0.5) is 14.9 Å². The van der Waals surface area contributed by atoms with E-state index in [0.29, 0.717) is 24.1 Å². The van der Waals surface area contributed by atoms with Crippen molar-refractivity contribution in [3.05, 3.63) is 29.6 Å². The van der Waals surface area contributed by atoms with E-state index in [-0.39, 0.29) is 12.4 Å². The van der Waals surface area contributed by atoms with E-state index in [1.54, 1.807) is 6.92 Å². The molecule has 114 valence electrons. The van der Waals surface area contributed by atoms with Crippen molar-refractivity contribution in [3.63, 3.8) is 0 Å². The second-order valence-electron chi connectivity index (χ2n) is 5.56. The van der Waals surface area contributed by atoms with Crippen molar-refractivity contribution in [1.29, 1.82) is 0 Å². The number of benzene rings is 1. The van der Waals surface area contributed by atoms with Crippen molar-refractivity contribution >= 4 is 17.7 Å². The molecule has 0 aromatic heterocycles. The van der Waals surface area contributed by atoms with E-state index in [0.717, 1.165) is 12.8 Å². The first kappa shape index (κ1) is 15.3. The maximum Gasteiger partial charge on any atom is 0.319 e. The van der Waals surface area contributed by atoms with Gasteiger partial charge in [0.25, 0.3) is 0 Å². The normalized spacial score (nSPS) is 16.5. The van der Waals surface area contributed by atoms with Crippen LogP contribution in [-0.4, -0.2) is 23.7 Å². The van der Waals surface area contributed by atoms with Crippen molar-refractivity contribution in [2.75, 3.05) is 11.9 Å². The predicted octanol–water partition coefficient (Wildman–Crippen LogP) is 2.90. The zero-order valence-electron chi connectivity index (χ0n) is 11.9. The Morgan fingerprint density at radius 3 is 2.57 bits per heavy atom. The SMILES string of the molecule is Cc1cc(NC(=O)NCC2(C(=O)O)CCCC2)ccc1F. The van der Waals surface area contributed by atoms with Gasteiger partial charge in [0.1, 0.15) is 5.82 Å². The van der Waals surface area contributed by atoms with Gasteiger partial charge in [-0.1, -0.05) is 12.8 Å². The number of hydrogen-bond acceptors (Lipinski definition) is 2. The summed E-state index contributed by atoms with van der Waals surface area (Å²) in [6.07, 6.45) is 2.90. The van der Waals surface area contributed by atoms with Crippen molar-refractivity contribution < 1.29 is 19.1 Å². The Hall–Kier alpha value is -2.11. The lowest BCUT2D eigenvalue weighted by molar-refractivity contribution is -0.148. The van der Waals surface area contributed by atoms with Crippen LogP contribution in [-0.2, 0) is 4.79 Å². The molecule has 1 aliphatic rings. The number of carbonyl (C=O) groups excluding carboxylic acids is 1. The molecule has 1 saturated carbocycles. The summed E-state index contributed by atoms with van der Waals surface area (Å²) in [7, 11) is 0. The summed E-state index contributed by atoms with van der Waals surface area (Å²) in [4.78, 5) is 23.2. The molecule has 1 aromatic rings. The van der Waals surface area contributed by atoms with Crippen LogP contribution in [0.1, 0.15) is 31.2 Å². The van der Waals surface area contributed by atoms with Gasteiger partial charge < -0.3 is 15.7 Å². The quantitative estimate of drug-likeness (QED) is 0.799. The highest BCUT2D eigenvalue weighted by Gasteiger charge is 2.41. The molecule has 6 heteroatoms. The molecule has 1 aliphatic carbocycles. The fraction of sp³-hybridized carbons (Fsp3) is 0.467. The Bertz CT molecular complexity index is 554. The maximum absolute atomic E-state index is 13.1. The lowest BCUT2D eigenvalue weighted by Gasteiger charge is -2.24. The van der Waals surface area contributed by atoms with E-state index in [4.69, 9.17) is 0 Å². The highest BCUT2D eigenvalue weighted by atomic mass is 19.1. The van der Waals surface area contributed by atoms with E-state index >= 15 is 0 Å². The zero-order chi connectivity index (χ0) is 15.5. The fourth-order valence-electron chi connectivity index (χ4n) is 2.67. The number of aryl methyl sites for hydroxylation is 1. The minimum Gasteiger partial charge on any atom is -0.481 e. The number of aliphatic carboxylic acids is 1.